The van der Waals surface area contributed by atoms with E-state index in [0.717, 1.165) is 24.4 Å². The third-order valence-corrected chi connectivity index (χ3v) is 5.89. The Morgan fingerprint density at radius 2 is 1.26 bits per heavy atom. The molecule has 0 bridgehead atoms. The Balaban J connectivity index is 1.27. The molecular formula is C26H23F6N3O3. The number of carbonyl (C=O) groups is 1. The second-order valence-electron chi connectivity index (χ2n) is 8.57. The molecule has 2 aromatic carbocycles. The highest BCUT2D eigenvalue weighted by atomic mass is 19.4. The van der Waals surface area contributed by atoms with Gasteiger partial charge in [-0.3, -0.25) is 4.79 Å². The van der Waals surface area contributed by atoms with Crippen molar-refractivity contribution >= 4 is 11.7 Å². The van der Waals surface area contributed by atoms with Gasteiger partial charge in [-0.2, -0.15) is 26.3 Å². The summed E-state index contributed by atoms with van der Waals surface area (Å²) in [5, 5.41) is 0. The average Bonchev–Trinajstić information content (AvgIpc) is 2.89. The summed E-state index contributed by atoms with van der Waals surface area (Å²) in [5.41, 5.74) is -1.59. The molecular weight excluding hydrogens is 516 g/mol. The molecule has 0 aliphatic carbocycles. The van der Waals surface area contributed by atoms with Crippen molar-refractivity contribution in [3.63, 3.8) is 0 Å². The van der Waals surface area contributed by atoms with Crippen LogP contribution in [0.15, 0.2) is 66.9 Å². The Hall–Kier alpha value is -3.96. The van der Waals surface area contributed by atoms with Crippen LogP contribution in [-0.2, 0) is 17.1 Å². The predicted molar refractivity (Wildman–Crippen MR) is 126 cm³/mol. The number of piperazine rings is 1. The van der Waals surface area contributed by atoms with Gasteiger partial charge in [-0.1, -0.05) is 0 Å². The predicted octanol–water partition coefficient (Wildman–Crippen LogP) is 6.03. The lowest BCUT2D eigenvalue weighted by Gasteiger charge is -2.36. The lowest BCUT2D eigenvalue weighted by atomic mass is 10.2. The topological polar surface area (TPSA) is 54.9 Å². The van der Waals surface area contributed by atoms with Gasteiger partial charge >= 0.3 is 12.4 Å². The summed E-state index contributed by atoms with van der Waals surface area (Å²) >= 11 is 0. The molecule has 2 heterocycles. The van der Waals surface area contributed by atoms with Crippen molar-refractivity contribution in [2.75, 3.05) is 31.1 Å². The van der Waals surface area contributed by atoms with E-state index in [9.17, 15) is 31.1 Å². The van der Waals surface area contributed by atoms with Crippen LogP contribution < -0.4 is 14.4 Å². The molecule has 1 aliphatic heterocycles. The normalized spacial score (nSPS) is 15.2. The van der Waals surface area contributed by atoms with Crippen LogP contribution in [0.5, 0.6) is 17.2 Å². The van der Waals surface area contributed by atoms with Crippen molar-refractivity contribution in [3.05, 3.63) is 78.0 Å². The van der Waals surface area contributed by atoms with E-state index < -0.39 is 29.6 Å². The zero-order valence-corrected chi connectivity index (χ0v) is 20.1. The van der Waals surface area contributed by atoms with Crippen LogP contribution in [0.25, 0.3) is 0 Å². The van der Waals surface area contributed by atoms with Crippen LogP contribution in [0.4, 0.5) is 32.2 Å². The van der Waals surface area contributed by atoms with E-state index in [0.29, 0.717) is 43.5 Å². The molecule has 1 amide bonds. The van der Waals surface area contributed by atoms with Gasteiger partial charge in [0.15, 0.2) is 6.10 Å². The van der Waals surface area contributed by atoms with Crippen LogP contribution >= 0.6 is 0 Å². The molecule has 38 heavy (non-hydrogen) atoms. The van der Waals surface area contributed by atoms with Gasteiger partial charge in [-0.15, -0.1) is 0 Å². The zero-order chi connectivity index (χ0) is 27.5. The fourth-order valence-corrected chi connectivity index (χ4v) is 3.84. The van der Waals surface area contributed by atoms with Crippen LogP contribution in [0, 0.1) is 0 Å². The molecule has 202 valence electrons. The highest BCUT2D eigenvalue weighted by Gasteiger charge is 2.32. The molecule has 0 N–H and O–H groups in total. The Labute approximate surface area is 214 Å². The van der Waals surface area contributed by atoms with Crippen molar-refractivity contribution in [1.82, 2.24) is 9.88 Å². The Morgan fingerprint density at radius 3 is 1.76 bits per heavy atom. The van der Waals surface area contributed by atoms with E-state index in [-0.39, 0.29) is 11.7 Å². The number of alkyl halides is 6. The summed E-state index contributed by atoms with van der Waals surface area (Å²) in [6, 6.07) is 12.9. The van der Waals surface area contributed by atoms with Crippen LogP contribution in [0.1, 0.15) is 18.1 Å². The van der Waals surface area contributed by atoms with Gasteiger partial charge in [0, 0.05) is 32.4 Å². The highest BCUT2D eigenvalue weighted by Crippen LogP contribution is 2.32. The Morgan fingerprint density at radius 1 is 0.763 bits per heavy atom. The molecule has 1 saturated heterocycles. The standard InChI is InChI=1S/C26H23F6N3O3/c1-17(24(36)35-14-12-34(13-15-35)23-11-4-19(16-33-23)26(30,31)32)37-20-7-9-22(10-8-20)38-21-5-2-18(3-6-21)25(27,28)29/h2-11,16-17H,12-15H2,1H3/t17-/m1/s1. The van der Waals surface area contributed by atoms with Crippen LogP contribution in [-0.4, -0.2) is 48.1 Å². The van der Waals surface area contributed by atoms with Crippen LogP contribution in [0.3, 0.4) is 0 Å². The molecule has 1 aliphatic rings. The summed E-state index contributed by atoms with van der Waals surface area (Å²) < 4.78 is 87.6. The molecule has 12 heteroatoms. The minimum Gasteiger partial charge on any atom is -0.481 e. The fourth-order valence-electron chi connectivity index (χ4n) is 3.84. The monoisotopic (exact) mass is 539 g/mol. The molecule has 3 aromatic rings. The third kappa shape index (κ3) is 6.67. The number of carbonyl (C=O) groups excluding carboxylic acids is 1. The SMILES string of the molecule is C[C@@H](Oc1ccc(Oc2ccc(C(F)(F)F)cc2)cc1)C(=O)N1CCN(c2ccc(C(F)(F)F)cn2)CC1. The van der Waals surface area contributed by atoms with Gasteiger partial charge in [0.05, 0.1) is 11.1 Å². The van der Waals surface area contributed by atoms with Gasteiger partial charge in [-0.25, -0.2) is 4.98 Å². The number of rotatable bonds is 6. The first-order chi connectivity index (χ1) is 17.9. The lowest BCUT2D eigenvalue weighted by Crippen LogP contribution is -2.52. The average molecular weight is 539 g/mol. The molecule has 1 fully saturated rings. The van der Waals surface area contributed by atoms with Gasteiger partial charge in [0.25, 0.3) is 5.91 Å². The molecule has 0 saturated carbocycles. The second kappa shape index (κ2) is 10.8. The molecule has 6 nitrogen and oxygen atoms in total. The number of ether oxygens (including phenoxy) is 2. The van der Waals surface area contributed by atoms with E-state index in [1.54, 1.807) is 36.1 Å². The second-order valence-corrected chi connectivity index (χ2v) is 8.57. The summed E-state index contributed by atoms with van der Waals surface area (Å²) in [6.45, 7) is 3.14. The van der Waals surface area contributed by atoms with Gasteiger partial charge in [-0.05, 0) is 67.6 Å². The molecule has 0 spiro atoms. The van der Waals surface area contributed by atoms with Crippen molar-refractivity contribution in [2.24, 2.45) is 0 Å². The number of nitrogens with zero attached hydrogens (tertiary/aromatic N) is 3. The number of amides is 1. The Bertz CT molecular complexity index is 1220. The first kappa shape index (κ1) is 27.1. The van der Waals surface area contributed by atoms with E-state index in [4.69, 9.17) is 9.47 Å². The lowest BCUT2D eigenvalue weighted by molar-refractivity contribution is -0.138. The Kier molecular flexibility index (Phi) is 7.70. The maximum atomic E-state index is 12.8. The quantitative estimate of drug-likeness (QED) is 0.358. The molecule has 1 atom stereocenters. The number of pyridine rings is 1. The van der Waals surface area contributed by atoms with Crippen LogP contribution in [0.2, 0.25) is 0 Å². The summed E-state index contributed by atoms with van der Waals surface area (Å²) in [5.74, 6) is 1.19. The maximum absolute atomic E-state index is 12.8. The van der Waals surface area contributed by atoms with Crippen molar-refractivity contribution < 1.29 is 40.6 Å². The largest absolute Gasteiger partial charge is 0.481 e. The number of halogens is 6. The van der Waals surface area contributed by atoms with Gasteiger partial charge in [0.1, 0.15) is 23.1 Å². The zero-order valence-electron chi connectivity index (χ0n) is 20.1. The molecule has 1 aromatic heterocycles. The fraction of sp³-hybridized carbons (Fsp3) is 0.308. The minimum absolute atomic E-state index is 0.237. The summed E-state index contributed by atoms with van der Waals surface area (Å²) in [7, 11) is 0. The minimum atomic E-state index is -4.45. The van der Waals surface area contributed by atoms with Crippen molar-refractivity contribution in [3.8, 4) is 17.2 Å². The van der Waals surface area contributed by atoms with Gasteiger partial charge in [0.2, 0.25) is 0 Å². The summed E-state index contributed by atoms with van der Waals surface area (Å²) in [4.78, 5) is 20.2. The third-order valence-electron chi connectivity index (χ3n) is 5.89. The molecule has 0 unspecified atom stereocenters. The smallest absolute Gasteiger partial charge is 0.417 e. The van der Waals surface area contributed by atoms with E-state index in [1.165, 1.54) is 18.2 Å². The first-order valence-corrected chi connectivity index (χ1v) is 11.6. The molecule has 0 radical (unpaired) electrons. The van der Waals surface area contributed by atoms with E-state index >= 15 is 0 Å². The number of benzene rings is 2. The molecule has 4 rings (SSSR count). The number of anilines is 1. The first-order valence-electron chi connectivity index (χ1n) is 11.6. The highest BCUT2D eigenvalue weighted by molar-refractivity contribution is 5.81. The van der Waals surface area contributed by atoms with Gasteiger partial charge < -0.3 is 19.3 Å². The van der Waals surface area contributed by atoms with E-state index in [2.05, 4.69) is 4.98 Å². The summed E-state index contributed by atoms with van der Waals surface area (Å²) in [6.07, 6.45) is -8.88. The number of hydrogen-bond donors (Lipinski definition) is 0. The number of aromatic nitrogens is 1. The van der Waals surface area contributed by atoms with E-state index in [1.807, 2.05) is 4.90 Å². The van der Waals surface area contributed by atoms with Crippen molar-refractivity contribution in [2.45, 2.75) is 25.4 Å². The maximum Gasteiger partial charge on any atom is 0.417 e. The van der Waals surface area contributed by atoms with Crippen molar-refractivity contribution in [1.29, 1.82) is 0 Å². The number of hydrogen-bond acceptors (Lipinski definition) is 5.